The third-order valence-corrected chi connectivity index (χ3v) is 6.48. The summed E-state index contributed by atoms with van der Waals surface area (Å²) in [7, 11) is -3.57. The number of benzene rings is 2. The van der Waals surface area contributed by atoms with Crippen LogP contribution in [-0.2, 0) is 20.3 Å². The van der Waals surface area contributed by atoms with Gasteiger partial charge in [0.25, 0.3) is 0 Å². The molecule has 168 valence electrons. The van der Waals surface area contributed by atoms with Gasteiger partial charge in [-0.25, -0.2) is 0 Å². The molecule has 2 aromatic rings. The zero-order valence-corrected chi connectivity index (χ0v) is 19.3. The third-order valence-electron chi connectivity index (χ3n) is 5.99. The number of carbonyl (C=O) groups excluding carboxylic acids is 1. The van der Waals surface area contributed by atoms with E-state index in [4.69, 9.17) is 4.18 Å². The molecule has 4 rings (SSSR count). The average Bonchev–Trinajstić information content (AvgIpc) is 3.37. The van der Waals surface area contributed by atoms with Gasteiger partial charge in [-0.3, -0.25) is 4.79 Å². The first-order valence-corrected chi connectivity index (χ1v) is 12.3. The zero-order chi connectivity index (χ0) is 21.2. The maximum Gasteiger partial charge on any atom is 0.306 e. The molecule has 1 saturated carbocycles. The normalized spacial score (nSPS) is 18.6. The third kappa shape index (κ3) is 5.79. The lowest BCUT2D eigenvalue weighted by molar-refractivity contribution is -0.124. The average molecular weight is 465 g/mol. The van der Waals surface area contributed by atoms with E-state index in [-0.39, 0.29) is 30.1 Å². The molecule has 1 aliphatic carbocycles. The highest BCUT2D eigenvalue weighted by atomic mass is 35.5. The molecule has 2 fully saturated rings. The lowest BCUT2D eigenvalue weighted by atomic mass is 9.94. The number of carbonyl (C=O) groups is 1. The molecule has 1 saturated heterocycles. The highest BCUT2D eigenvalue weighted by Gasteiger charge is 2.51. The fourth-order valence-corrected chi connectivity index (χ4v) is 4.68. The van der Waals surface area contributed by atoms with Crippen molar-refractivity contribution in [2.45, 2.75) is 37.1 Å². The van der Waals surface area contributed by atoms with E-state index >= 15 is 0 Å². The molecule has 1 atom stereocenters. The molecule has 0 radical (unpaired) electrons. The molecule has 1 N–H and O–H groups in total. The lowest BCUT2D eigenvalue weighted by Gasteiger charge is -2.27. The van der Waals surface area contributed by atoms with Gasteiger partial charge in [-0.2, -0.15) is 8.42 Å². The van der Waals surface area contributed by atoms with E-state index in [1.165, 1.54) is 12.8 Å². The van der Waals surface area contributed by atoms with E-state index in [0.717, 1.165) is 49.9 Å². The predicted octanol–water partition coefficient (Wildman–Crippen LogP) is 3.43. The summed E-state index contributed by atoms with van der Waals surface area (Å²) >= 11 is 0. The van der Waals surface area contributed by atoms with Crippen LogP contribution in [-0.4, -0.2) is 45.1 Å². The summed E-state index contributed by atoms with van der Waals surface area (Å²) < 4.78 is 27.5. The molecule has 31 heavy (non-hydrogen) atoms. The van der Waals surface area contributed by atoms with Gasteiger partial charge in [-0.1, -0.05) is 42.5 Å². The number of halogens is 1. The lowest BCUT2D eigenvalue weighted by Crippen LogP contribution is -2.41. The van der Waals surface area contributed by atoms with Crippen molar-refractivity contribution in [3.05, 3.63) is 65.7 Å². The van der Waals surface area contributed by atoms with Gasteiger partial charge in [0.2, 0.25) is 5.91 Å². The van der Waals surface area contributed by atoms with Crippen LogP contribution in [0.1, 0.15) is 42.9 Å². The molecule has 1 heterocycles. The van der Waals surface area contributed by atoms with Gasteiger partial charge in [0.05, 0.1) is 17.7 Å². The molecule has 0 spiro atoms. The molecule has 1 aliphatic heterocycles. The number of likely N-dealkylation sites (tertiary alicyclic amines) is 1. The maximum absolute atomic E-state index is 13.3. The van der Waals surface area contributed by atoms with Crippen molar-refractivity contribution in [2.75, 3.05) is 25.9 Å². The molecular formula is C23H29ClN2O4S. The second-order valence-electron chi connectivity index (χ2n) is 8.34. The second kappa shape index (κ2) is 9.59. The van der Waals surface area contributed by atoms with Crippen molar-refractivity contribution in [2.24, 2.45) is 0 Å². The van der Waals surface area contributed by atoms with Crippen molar-refractivity contribution in [1.29, 1.82) is 0 Å². The maximum atomic E-state index is 13.3. The summed E-state index contributed by atoms with van der Waals surface area (Å²) in [6.07, 6.45) is 5.01. The summed E-state index contributed by atoms with van der Waals surface area (Å²) in [6, 6.07) is 16.9. The van der Waals surface area contributed by atoms with Crippen LogP contribution in [0.25, 0.3) is 0 Å². The summed E-state index contributed by atoms with van der Waals surface area (Å²) in [4.78, 5) is 15.8. The Morgan fingerprint density at radius 1 is 1.06 bits per heavy atom. The van der Waals surface area contributed by atoms with E-state index < -0.39 is 15.5 Å². The van der Waals surface area contributed by atoms with Gasteiger partial charge in [-0.05, 0) is 62.0 Å². The molecule has 8 heteroatoms. The van der Waals surface area contributed by atoms with Crippen LogP contribution in [0, 0.1) is 0 Å². The predicted molar refractivity (Wildman–Crippen MR) is 123 cm³/mol. The number of nitrogens with one attached hydrogen (secondary N) is 1. The summed E-state index contributed by atoms with van der Waals surface area (Å²) in [6.45, 7) is 2.96. The van der Waals surface area contributed by atoms with Crippen molar-refractivity contribution in [3.63, 3.8) is 0 Å². The topological polar surface area (TPSA) is 75.7 Å². The fraction of sp³-hybridized carbons (Fsp3) is 0.435. The Morgan fingerprint density at radius 3 is 2.23 bits per heavy atom. The first kappa shape index (κ1) is 23.6. The Labute approximate surface area is 190 Å². The minimum Gasteiger partial charge on any atom is -0.383 e. The Balaban J connectivity index is 0.00000272. The van der Waals surface area contributed by atoms with Gasteiger partial charge >= 0.3 is 10.1 Å². The summed E-state index contributed by atoms with van der Waals surface area (Å²) in [5.74, 6) is 0.293. The first-order chi connectivity index (χ1) is 14.4. The quantitative estimate of drug-likeness (QED) is 0.606. The number of amides is 1. The summed E-state index contributed by atoms with van der Waals surface area (Å²) in [5, 5.41) is 3.31. The number of rotatable bonds is 8. The van der Waals surface area contributed by atoms with E-state index in [1.54, 1.807) is 24.3 Å². The minimum absolute atomic E-state index is 0. The Hall–Kier alpha value is -2.09. The molecule has 0 bridgehead atoms. The second-order valence-corrected chi connectivity index (χ2v) is 9.91. The Morgan fingerprint density at radius 2 is 1.68 bits per heavy atom. The van der Waals surface area contributed by atoms with Gasteiger partial charge < -0.3 is 14.4 Å². The van der Waals surface area contributed by atoms with E-state index in [9.17, 15) is 13.2 Å². The molecule has 1 unspecified atom stereocenters. The van der Waals surface area contributed by atoms with Gasteiger partial charge in [0.15, 0.2) is 0 Å². The minimum atomic E-state index is -3.57. The zero-order valence-electron chi connectivity index (χ0n) is 17.6. The van der Waals surface area contributed by atoms with Gasteiger partial charge in [0, 0.05) is 6.54 Å². The van der Waals surface area contributed by atoms with Crippen LogP contribution < -0.4 is 9.50 Å². The molecule has 1 amide bonds. The Kier molecular flexibility index (Phi) is 7.29. The molecule has 6 nitrogen and oxygen atoms in total. The van der Waals surface area contributed by atoms with Crippen LogP contribution in [0.2, 0.25) is 0 Å². The van der Waals surface area contributed by atoms with Crippen LogP contribution >= 0.6 is 12.4 Å². The summed E-state index contributed by atoms with van der Waals surface area (Å²) in [5.41, 5.74) is 1.47. The van der Waals surface area contributed by atoms with Crippen molar-refractivity contribution < 1.29 is 17.4 Å². The van der Waals surface area contributed by atoms with Gasteiger partial charge in [0.1, 0.15) is 5.75 Å². The van der Waals surface area contributed by atoms with Crippen LogP contribution in [0.3, 0.4) is 0 Å². The fourth-order valence-electron chi connectivity index (χ4n) is 4.22. The molecule has 2 aromatic carbocycles. The van der Waals surface area contributed by atoms with Crippen LogP contribution in [0.5, 0.6) is 5.75 Å². The van der Waals surface area contributed by atoms with Crippen molar-refractivity contribution in [3.8, 4) is 5.75 Å². The van der Waals surface area contributed by atoms with Crippen molar-refractivity contribution >= 4 is 28.4 Å². The van der Waals surface area contributed by atoms with Crippen molar-refractivity contribution in [1.82, 2.24) is 10.2 Å². The number of hydrogen-bond donors (Lipinski definition) is 1. The van der Waals surface area contributed by atoms with E-state index in [0.29, 0.717) is 0 Å². The molecular weight excluding hydrogens is 436 g/mol. The highest BCUT2D eigenvalue weighted by Crippen LogP contribution is 2.49. The van der Waals surface area contributed by atoms with Crippen LogP contribution in [0.4, 0.5) is 0 Å². The largest absolute Gasteiger partial charge is 0.383 e. The first-order valence-electron chi connectivity index (χ1n) is 10.4. The smallest absolute Gasteiger partial charge is 0.306 e. The molecule has 2 aliphatic rings. The highest BCUT2D eigenvalue weighted by molar-refractivity contribution is 7.86. The van der Waals surface area contributed by atoms with Crippen LogP contribution in [0.15, 0.2) is 54.6 Å². The number of nitrogens with zero attached hydrogens (tertiary/aromatic N) is 1. The molecule has 0 aromatic heterocycles. The van der Waals surface area contributed by atoms with E-state index in [1.807, 2.05) is 18.2 Å². The standard InChI is InChI=1S/C23H28N2O4S.ClH/c1-30(27,28)29-20-11-9-19(10-12-20)23(13-14-23)22(26)24-21(17-25-15-5-6-16-25)18-7-3-2-4-8-18;/h2-4,7-12,21H,5-6,13-17H2,1H3,(H,24,26);1H. The number of hydrogen-bond acceptors (Lipinski definition) is 5. The van der Waals surface area contributed by atoms with Gasteiger partial charge in [-0.15, -0.1) is 12.4 Å². The SMILES string of the molecule is CS(=O)(=O)Oc1ccc(C2(C(=O)NC(CN3CCCC3)c3ccccc3)CC2)cc1.Cl. The Bertz CT molecular complexity index is 986. The van der Waals surface area contributed by atoms with E-state index in [2.05, 4.69) is 22.3 Å². The monoisotopic (exact) mass is 464 g/mol.